The number of sulfone groups is 1. The minimum Gasteiger partial charge on any atom is -0.475 e. The number of tetrazole rings is 1. The number of nitrogens with zero attached hydrogens (tertiary/aromatic N) is 4. The summed E-state index contributed by atoms with van der Waals surface area (Å²) in [6.07, 6.45) is 0.440. The van der Waals surface area contributed by atoms with Gasteiger partial charge in [0.25, 0.3) is 0 Å². The van der Waals surface area contributed by atoms with Crippen LogP contribution in [0.2, 0.25) is 0 Å². The van der Waals surface area contributed by atoms with Crippen LogP contribution in [0.5, 0.6) is 0 Å². The van der Waals surface area contributed by atoms with Gasteiger partial charge in [-0.3, -0.25) is 0 Å². The van der Waals surface area contributed by atoms with Gasteiger partial charge >= 0.3 is 22.5 Å². The Kier molecular flexibility index (Phi) is 5.19. The first-order valence-corrected chi connectivity index (χ1v) is 12.1. The maximum absolute atomic E-state index is 13.3. The number of imidazole rings is 1. The van der Waals surface area contributed by atoms with Gasteiger partial charge in [-0.2, -0.15) is 5.21 Å². The van der Waals surface area contributed by atoms with E-state index in [9.17, 15) is 22.5 Å². The molecule has 5 rings (SSSR count). The summed E-state index contributed by atoms with van der Waals surface area (Å²) in [5.41, 5.74) is 1.94. The molecule has 0 bridgehead atoms. The summed E-state index contributed by atoms with van der Waals surface area (Å²) in [5, 5.41) is 25.6. The number of hydrogen-bond acceptors (Lipinski definition) is 9. The van der Waals surface area contributed by atoms with Gasteiger partial charge in [-0.25, -0.2) is 18.2 Å². The van der Waals surface area contributed by atoms with E-state index in [4.69, 9.17) is 0 Å². The Labute approximate surface area is 190 Å². The molecule has 0 unspecified atom stereocenters. The molecule has 1 fully saturated rings. The Balaban J connectivity index is 1.81. The van der Waals surface area contributed by atoms with Crippen LogP contribution >= 0.6 is 0 Å². The molecule has 1 aliphatic rings. The first-order chi connectivity index (χ1) is 15.9. The zero-order chi connectivity index (χ0) is 23.2. The van der Waals surface area contributed by atoms with Gasteiger partial charge in [-0.15, -0.1) is 10.2 Å². The lowest BCUT2D eigenvalue weighted by molar-refractivity contribution is 0.0685. The van der Waals surface area contributed by atoms with Crippen molar-refractivity contribution in [2.75, 3.05) is 13.1 Å². The SMILES string of the molecule is O=[S+]c1c(S(=O)(=O)[C@H]2CCNC2)ccc(-c2cccc3nc(C(=O)O)[nH]c23)c1-c1nn[nH]n1. The second-order valence-electron chi connectivity index (χ2n) is 7.38. The summed E-state index contributed by atoms with van der Waals surface area (Å²) in [7, 11) is -3.81. The van der Waals surface area contributed by atoms with Crippen LogP contribution in [0.1, 0.15) is 17.0 Å². The molecule has 1 aliphatic heterocycles. The third-order valence-corrected chi connectivity index (χ3v) is 8.50. The number of aromatic amines is 2. The molecule has 4 aromatic rings. The minimum absolute atomic E-state index is 0.0391. The summed E-state index contributed by atoms with van der Waals surface area (Å²) in [4.78, 5) is 18.1. The van der Waals surface area contributed by atoms with Crippen LogP contribution in [0.3, 0.4) is 0 Å². The predicted molar refractivity (Wildman–Crippen MR) is 116 cm³/mol. The van der Waals surface area contributed by atoms with E-state index in [0.29, 0.717) is 41.7 Å². The molecule has 2 aromatic heterocycles. The second kappa shape index (κ2) is 8.06. The summed E-state index contributed by atoms with van der Waals surface area (Å²) in [5.74, 6) is -1.43. The summed E-state index contributed by atoms with van der Waals surface area (Å²) < 4.78 is 39.0. The molecule has 2 aromatic carbocycles. The van der Waals surface area contributed by atoms with Crippen molar-refractivity contribution < 1.29 is 22.5 Å². The van der Waals surface area contributed by atoms with Gasteiger partial charge in [0.05, 0.1) is 16.3 Å². The number of H-pyrrole nitrogens is 2. The van der Waals surface area contributed by atoms with E-state index in [2.05, 4.69) is 35.9 Å². The fourth-order valence-electron chi connectivity index (χ4n) is 4.01. The highest BCUT2D eigenvalue weighted by molar-refractivity contribution is 7.92. The van der Waals surface area contributed by atoms with Crippen LogP contribution in [-0.4, -0.2) is 68.4 Å². The molecule has 33 heavy (non-hydrogen) atoms. The average Bonchev–Trinajstić information content (AvgIpc) is 3.58. The molecule has 4 N–H and O–H groups in total. The van der Waals surface area contributed by atoms with E-state index in [1.807, 2.05) is 0 Å². The Bertz CT molecular complexity index is 1490. The highest BCUT2D eigenvalue weighted by atomic mass is 32.2. The van der Waals surface area contributed by atoms with Gasteiger partial charge < -0.3 is 15.4 Å². The maximum atomic E-state index is 13.3. The van der Waals surface area contributed by atoms with Crippen LogP contribution in [0.4, 0.5) is 0 Å². The molecule has 0 saturated carbocycles. The number of carbonyl (C=O) groups is 1. The molecule has 1 atom stereocenters. The Morgan fingerprint density at radius 1 is 1.18 bits per heavy atom. The Morgan fingerprint density at radius 2 is 2.03 bits per heavy atom. The zero-order valence-corrected chi connectivity index (χ0v) is 18.4. The van der Waals surface area contributed by atoms with Crippen molar-refractivity contribution in [3.8, 4) is 22.5 Å². The third kappa shape index (κ3) is 3.48. The van der Waals surface area contributed by atoms with E-state index >= 15 is 0 Å². The van der Waals surface area contributed by atoms with Crippen molar-refractivity contribution in [3.63, 3.8) is 0 Å². The molecular weight excluding hydrogens is 470 g/mol. The van der Waals surface area contributed by atoms with Gasteiger partial charge in [0.2, 0.25) is 11.6 Å². The zero-order valence-electron chi connectivity index (χ0n) is 16.8. The molecule has 168 valence electrons. The van der Waals surface area contributed by atoms with E-state index < -0.39 is 21.1 Å². The van der Waals surface area contributed by atoms with Gasteiger partial charge in [0, 0.05) is 21.9 Å². The lowest BCUT2D eigenvalue weighted by atomic mass is 9.98. The number of aromatic carboxylic acids is 1. The van der Waals surface area contributed by atoms with Crippen molar-refractivity contribution in [2.24, 2.45) is 0 Å². The minimum atomic E-state index is -3.81. The topological polar surface area (TPSA) is 184 Å². The monoisotopic (exact) mass is 486 g/mol. The number of carboxylic acid groups (broad SMARTS) is 1. The van der Waals surface area contributed by atoms with Crippen molar-refractivity contribution in [1.82, 2.24) is 35.9 Å². The Hall–Kier alpha value is -3.62. The number of benzene rings is 2. The third-order valence-electron chi connectivity index (χ3n) is 5.55. The number of para-hydroxylation sites is 1. The average molecular weight is 487 g/mol. The molecule has 0 radical (unpaired) electrons. The molecule has 1 saturated heterocycles. The normalized spacial score (nSPS) is 16.3. The van der Waals surface area contributed by atoms with Crippen LogP contribution < -0.4 is 5.32 Å². The van der Waals surface area contributed by atoms with E-state index in [-0.39, 0.29) is 38.7 Å². The molecule has 12 nitrogen and oxygen atoms in total. The maximum Gasteiger partial charge on any atom is 0.507 e. The lowest BCUT2D eigenvalue weighted by Crippen LogP contribution is -2.24. The molecule has 3 heterocycles. The van der Waals surface area contributed by atoms with Gasteiger partial charge in [-0.05, 0) is 30.3 Å². The summed E-state index contributed by atoms with van der Waals surface area (Å²) in [6, 6.07) is 8.00. The highest BCUT2D eigenvalue weighted by Gasteiger charge is 2.39. The molecular formula is C19H16N7O5S2+. The van der Waals surface area contributed by atoms with Crippen molar-refractivity contribution >= 4 is 38.5 Å². The number of hydrogen-bond donors (Lipinski definition) is 4. The van der Waals surface area contributed by atoms with E-state index in [1.165, 1.54) is 6.07 Å². The molecule has 14 heteroatoms. The number of aromatic nitrogens is 6. The fraction of sp³-hybridized carbons (Fsp3) is 0.211. The van der Waals surface area contributed by atoms with Crippen LogP contribution in [0, 0.1) is 0 Å². The number of fused-ring (bicyclic) bond motifs is 1. The first-order valence-electron chi connectivity index (χ1n) is 9.79. The number of rotatable bonds is 6. The van der Waals surface area contributed by atoms with Crippen molar-refractivity contribution in [1.29, 1.82) is 0 Å². The predicted octanol–water partition coefficient (Wildman–Crippen LogP) is 1.03. The van der Waals surface area contributed by atoms with E-state index in [0.717, 1.165) is 0 Å². The van der Waals surface area contributed by atoms with Crippen molar-refractivity contribution in [2.45, 2.75) is 21.5 Å². The van der Waals surface area contributed by atoms with Gasteiger partial charge in [-0.1, -0.05) is 18.2 Å². The first kappa shape index (κ1) is 21.2. The van der Waals surface area contributed by atoms with Crippen LogP contribution in [-0.2, 0) is 25.7 Å². The molecule has 0 aliphatic carbocycles. The summed E-state index contributed by atoms with van der Waals surface area (Å²) >= 11 is 0.0391. The van der Waals surface area contributed by atoms with Crippen LogP contribution in [0.15, 0.2) is 40.1 Å². The molecule has 0 spiro atoms. The highest BCUT2D eigenvalue weighted by Crippen LogP contribution is 2.40. The Morgan fingerprint density at radius 3 is 2.70 bits per heavy atom. The largest absolute Gasteiger partial charge is 0.507 e. The summed E-state index contributed by atoms with van der Waals surface area (Å²) in [6.45, 7) is 0.878. The fourth-order valence-corrected chi connectivity index (χ4v) is 6.64. The molecule has 0 amide bonds. The quantitative estimate of drug-likeness (QED) is 0.287. The smallest absolute Gasteiger partial charge is 0.475 e. The van der Waals surface area contributed by atoms with Gasteiger partial charge in [0.1, 0.15) is 10.5 Å². The lowest BCUT2D eigenvalue weighted by Gasteiger charge is -2.13. The second-order valence-corrected chi connectivity index (χ2v) is 10.2. The number of nitrogens with one attached hydrogen (secondary N) is 3. The van der Waals surface area contributed by atoms with Crippen molar-refractivity contribution in [3.05, 3.63) is 36.2 Å². The number of carboxylic acids is 1. The van der Waals surface area contributed by atoms with Gasteiger partial charge in [0.15, 0.2) is 9.84 Å². The van der Waals surface area contributed by atoms with E-state index in [1.54, 1.807) is 24.3 Å². The standard InChI is InChI=1S/C19H15N7O5S2/c27-19(28)18-21-12-3-1-2-11(15(12)22-18)10-4-5-13(33(30,31)9-6-7-20-8-9)16(32-29)14(10)17-23-25-26-24-17/h1-5,9,20H,6-8H2,(H2-,21,22,23,24,25,26,27,28,29)/p+1/t9-/m0/s1. The van der Waals surface area contributed by atoms with Crippen LogP contribution in [0.25, 0.3) is 33.5 Å².